The molecule has 0 aliphatic carbocycles. The molecule has 1 heterocycles. The highest BCUT2D eigenvalue weighted by Gasteiger charge is 2.10. The second kappa shape index (κ2) is 5.61. The number of esters is 1. The van der Waals surface area contributed by atoms with Gasteiger partial charge in [-0.15, -0.1) is 11.3 Å². The van der Waals surface area contributed by atoms with Gasteiger partial charge in [-0.1, -0.05) is 29.8 Å². The molecule has 0 radical (unpaired) electrons. The third kappa shape index (κ3) is 2.66. The maximum Gasteiger partial charge on any atom is 0.338 e. The number of hydrogen-bond acceptors (Lipinski definition) is 4. The molecule has 2 aromatic carbocycles. The Kier molecular flexibility index (Phi) is 3.67. The number of ether oxygens (including phenoxy) is 1. The fourth-order valence-corrected chi connectivity index (χ4v) is 2.73. The van der Waals surface area contributed by atoms with Gasteiger partial charge < -0.3 is 4.74 Å². The minimum absolute atomic E-state index is 0.166. The van der Waals surface area contributed by atoms with Gasteiger partial charge >= 0.3 is 5.97 Å². The molecular formula is C15H10ClNO2S. The SMILES string of the molecule is O=C(OCc1ccccc1Cl)c1ccc2ncsc2c1. The van der Waals surface area contributed by atoms with Gasteiger partial charge in [-0.2, -0.15) is 0 Å². The quantitative estimate of drug-likeness (QED) is 0.677. The molecule has 3 aromatic rings. The average molecular weight is 304 g/mol. The lowest BCUT2D eigenvalue weighted by atomic mass is 10.2. The lowest BCUT2D eigenvalue weighted by molar-refractivity contribution is 0.0473. The maximum absolute atomic E-state index is 12.0. The first-order valence-electron chi connectivity index (χ1n) is 5.98. The van der Waals surface area contributed by atoms with Gasteiger partial charge in [-0.25, -0.2) is 9.78 Å². The average Bonchev–Trinajstić information content (AvgIpc) is 2.93. The predicted molar refractivity (Wildman–Crippen MR) is 80.2 cm³/mol. The zero-order valence-electron chi connectivity index (χ0n) is 10.4. The third-order valence-electron chi connectivity index (χ3n) is 2.88. The van der Waals surface area contributed by atoms with E-state index in [0.29, 0.717) is 10.6 Å². The summed E-state index contributed by atoms with van der Waals surface area (Å²) >= 11 is 7.52. The number of benzene rings is 2. The van der Waals surface area contributed by atoms with Crippen LogP contribution >= 0.6 is 22.9 Å². The molecule has 20 heavy (non-hydrogen) atoms. The van der Waals surface area contributed by atoms with Crippen molar-refractivity contribution in [1.29, 1.82) is 0 Å². The van der Waals surface area contributed by atoms with Gasteiger partial charge in [0.2, 0.25) is 0 Å². The first kappa shape index (κ1) is 13.1. The fraction of sp³-hybridized carbons (Fsp3) is 0.0667. The van der Waals surface area contributed by atoms with E-state index in [1.807, 2.05) is 24.3 Å². The van der Waals surface area contributed by atoms with E-state index in [1.54, 1.807) is 23.7 Å². The first-order valence-corrected chi connectivity index (χ1v) is 7.23. The summed E-state index contributed by atoms with van der Waals surface area (Å²) in [5.41, 5.74) is 3.96. The molecule has 0 saturated carbocycles. The number of carbonyl (C=O) groups excluding carboxylic acids is 1. The van der Waals surface area contributed by atoms with Crippen molar-refractivity contribution in [1.82, 2.24) is 4.98 Å². The molecule has 0 spiro atoms. The fourth-order valence-electron chi connectivity index (χ4n) is 1.82. The number of aromatic nitrogens is 1. The minimum atomic E-state index is -0.361. The van der Waals surface area contributed by atoms with Gasteiger partial charge in [0.25, 0.3) is 0 Å². The summed E-state index contributed by atoms with van der Waals surface area (Å²) in [5, 5.41) is 0.596. The topological polar surface area (TPSA) is 39.2 Å². The number of carbonyl (C=O) groups is 1. The summed E-state index contributed by atoms with van der Waals surface area (Å²) < 4.78 is 6.25. The van der Waals surface area contributed by atoms with Gasteiger partial charge in [0.1, 0.15) is 6.61 Å². The highest BCUT2D eigenvalue weighted by molar-refractivity contribution is 7.16. The molecule has 5 heteroatoms. The van der Waals surface area contributed by atoms with Crippen molar-refractivity contribution < 1.29 is 9.53 Å². The Morgan fingerprint density at radius 1 is 1.25 bits per heavy atom. The number of thiazole rings is 1. The van der Waals surface area contributed by atoms with Gasteiger partial charge in [0, 0.05) is 10.6 Å². The van der Waals surface area contributed by atoms with Crippen molar-refractivity contribution in [2.24, 2.45) is 0 Å². The van der Waals surface area contributed by atoms with Crippen LogP contribution in [0, 0.1) is 0 Å². The van der Waals surface area contributed by atoms with Crippen LogP contribution in [0.3, 0.4) is 0 Å². The number of rotatable bonds is 3. The van der Waals surface area contributed by atoms with Gasteiger partial charge in [0.15, 0.2) is 0 Å². The van der Waals surface area contributed by atoms with E-state index < -0.39 is 0 Å². The number of nitrogens with zero attached hydrogens (tertiary/aromatic N) is 1. The van der Waals surface area contributed by atoms with E-state index in [0.717, 1.165) is 15.8 Å². The summed E-state index contributed by atoms with van der Waals surface area (Å²) in [5.74, 6) is -0.361. The van der Waals surface area contributed by atoms with Crippen LogP contribution in [0.5, 0.6) is 0 Å². The van der Waals surface area contributed by atoms with Crippen LogP contribution in [0.2, 0.25) is 5.02 Å². The van der Waals surface area contributed by atoms with Crippen LogP contribution in [0.15, 0.2) is 48.0 Å². The molecule has 0 N–H and O–H groups in total. The van der Waals surface area contributed by atoms with E-state index >= 15 is 0 Å². The number of hydrogen-bond donors (Lipinski definition) is 0. The van der Waals surface area contributed by atoms with Gasteiger partial charge in [0.05, 0.1) is 21.3 Å². The highest BCUT2D eigenvalue weighted by Crippen LogP contribution is 2.20. The zero-order valence-corrected chi connectivity index (χ0v) is 11.9. The standard InChI is InChI=1S/C15H10ClNO2S/c16-12-4-2-1-3-11(12)8-19-15(18)10-5-6-13-14(7-10)20-9-17-13/h1-7,9H,8H2. The van der Waals surface area contributed by atoms with Crippen molar-refractivity contribution in [2.75, 3.05) is 0 Å². The van der Waals surface area contributed by atoms with Crippen molar-refractivity contribution >= 4 is 39.1 Å². The molecule has 0 aliphatic rings. The Hall–Kier alpha value is -1.91. The Labute approximate surface area is 124 Å². The maximum atomic E-state index is 12.0. The van der Waals surface area contributed by atoms with Crippen LogP contribution in [0.1, 0.15) is 15.9 Å². The van der Waals surface area contributed by atoms with Crippen molar-refractivity contribution in [3.63, 3.8) is 0 Å². The zero-order chi connectivity index (χ0) is 13.9. The van der Waals surface area contributed by atoms with Crippen molar-refractivity contribution in [3.05, 3.63) is 64.1 Å². The third-order valence-corrected chi connectivity index (χ3v) is 4.04. The lowest BCUT2D eigenvalue weighted by Crippen LogP contribution is -2.05. The Balaban J connectivity index is 1.74. The van der Waals surface area contributed by atoms with Gasteiger partial charge in [-0.05, 0) is 24.3 Å². The molecule has 0 fully saturated rings. The monoisotopic (exact) mass is 303 g/mol. The smallest absolute Gasteiger partial charge is 0.338 e. The molecule has 1 aromatic heterocycles. The van der Waals surface area contributed by atoms with Crippen LogP contribution in [-0.4, -0.2) is 11.0 Å². The summed E-state index contributed by atoms with van der Waals surface area (Å²) in [7, 11) is 0. The van der Waals surface area contributed by atoms with E-state index in [4.69, 9.17) is 16.3 Å². The van der Waals surface area contributed by atoms with E-state index in [2.05, 4.69) is 4.98 Å². The summed E-state index contributed by atoms with van der Waals surface area (Å²) in [4.78, 5) is 16.2. The molecule has 0 atom stereocenters. The molecule has 0 amide bonds. The molecule has 100 valence electrons. The molecule has 3 rings (SSSR count). The predicted octanol–water partition coefficient (Wildman–Crippen LogP) is 4.31. The lowest BCUT2D eigenvalue weighted by Gasteiger charge is -2.06. The highest BCUT2D eigenvalue weighted by atomic mass is 35.5. The Bertz CT molecular complexity index is 769. The van der Waals surface area contributed by atoms with Crippen LogP contribution < -0.4 is 0 Å². The van der Waals surface area contributed by atoms with Gasteiger partial charge in [-0.3, -0.25) is 0 Å². The summed E-state index contributed by atoms with van der Waals surface area (Å²) in [6.45, 7) is 0.166. The second-order valence-electron chi connectivity index (χ2n) is 4.20. The largest absolute Gasteiger partial charge is 0.457 e. The molecule has 3 nitrogen and oxygen atoms in total. The summed E-state index contributed by atoms with van der Waals surface area (Å²) in [6.07, 6.45) is 0. The molecular weight excluding hydrogens is 294 g/mol. The Morgan fingerprint density at radius 2 is 2.10 bits per heavy atom. The normalized spacial score (nSPS) is 10.7. The van der Waals surface area contributed by atoms with Crippen LogP contribution in [-0.2, 0) is 11.3 Å². The van der Waals surface area contributed by atoms with Crippen molar-refractivity contribution in [3.8, 4) is 0 Å². The summed E-state index contributed by atoms with van der Waals surface area (Å²) in [6, 6.07) is 12.6. The second-order valence-corrected chi connectivity index (χ2v) is 5.50. The molecule has 0 unspecified atom stereocenters. The molecule has 0 bridgehead atoms. The Morgan fingerprint density at radius 3 is 2.95 bits per heavy atom. The van der Waals surface area contributed by atoms with E-state index in [1.165, 1.54) is 11.3 Å². The van der Waals surface area contributed by atoms with E-state index in [9.17, 15) is 4.79 Å². The number of fused-ring (bicyclic) bond motifs is 1. The number of halogens is 1. The molecule has 0 saturated heterocycles. The van der Waals surface area contributed by atoms with Crippen LogP contribution in [0.4, 0.5) is 0 Å². The first-order chi connectivity index (χ1) is 9.74. The van der Waals surface area contributed by atoms with Crippen molar-refractivity contribution in [2.45, 2.75) is 6.61 Å². The van der Waals surface area contributed by atoms with E-state index in [-0.39, 0.29) is 12.6 Å². The molecule has 0 aliphatic heterocycles. The van der Waals surface area contributed by atoms with Crippen LogP contribution in [0.25, 0.3) is 10.2 Å². The minimum Gasteiger partial charge on any atom is -0.457 e.